The lowest BCUT2D eigenvalue weighted by molar-refractivity contribution is 0.0623. The van der Waals surface area contributed by atoms with Crippen molar-refractivity contribution in [3.63, 3.8) is 0 Å². The van der Waals surface area contributed by atoms with Crippen LogP contribution in [0.25, 0.3) is 0 Å². The molecule has 5 rings (SSSR count). The molecule has 0 N–H and O–H groups in total. The second-order valence-corrected chi connectivity index (χ2v) is 9.73. The zero-order chi connectivity index (χ0) is 21.1. The second kappa shape index (κ2) is 8.67. The maximum atomic E-state index is 13.3. The standard InChI is InChI=1S/C27H33NO2/c1-27(2,3)23-16-11-21(12-17-23)19-28(24-7-5-4-6-8-24)26(29)30-25-18-13-20-9-14-22(25)15-10-20/h4-8,11-13,16-17,22,25H,9-10,14-15,18-19H2,1-3H3. The van der Waals surface area contributed by atoms with E-state index in [0.29, 0.717) is 12.5 Å². The lowest BCUT2D eigenvalue weighted by Gasteiger charge is -2.30. The van der Waals surface area contributed by atoms with Crippen LogP contribution in [0.1, 0.15) is 64.0 Å². The van der Waals surface area contributed by atoms with Gasteiger partial charge in [-0.2, -0.15) is 0 Å². The number of carbonyl (C=O) groups is 1. The van der Waals surface area contributed by atoms with Crippen molar-refractivity contribution in [1.29, 1.82) is 0 Å². The predicted molar refractivity (Wildman–Crippen MR) is 123 cm³/mol. The van der Waals surface area contributed by atoms with Gasteiger partial charge in [0.05, 0.1) is 6.54 Å². The smallest absolute Gasteiger partial charge is 0.414 e. The molecule has 30 heavy (non-hydrogen) atoms. The van der Waals surface area contributed by atoms with Gasteiger partial charge in [0, 0.05) is 12.1 Å². The predicted octanol–water partition coefficient (Wildman–Crippen LogP) is 7.02. The molecule has 3 nitrogen and oxygen atoms in total. The first kappa shape index (κ1) is 20.7. The lowest BCUT2D eigenvalue weighted by Crippen LogP contribution is -2.36. The quantitative estimate of drug-likeness (QED) is 0.514. The van der Waals surface area contributed by atoms with Gasteiger partial charge in [0.15, 0.2) is 0 Å². The Labute approximate surface area is 180 Å². The number of nitrogens with zero attached hydrogens (tertiary/aromatic N) is 1. The first-order valence-corrected chi connectivity index (χ1v) is 11.2. The highest BCUT2D eigenvalue weighted by Crippen LogP contribution is 2.37. The summed E-state index contributed by atoms with van der Waals surface area (Å²) in [6.07, 6.45) is 7.54. The lowest BCUT2D eigenvalue weighted by atomic mass is 9.86. The molecule has 2 bridgehead atoms. The van der Waals surface area contributed by atoms with Crippen LogP contribution in [0.5, 0.6) is 0 Å². The largest absolute Gasteiger partial charge is 0.445 e. The van der Waals surface area contributed by atoms with Crippen molar-refractivity contribution in [2.45, 2.75) is 70.9 Å². The highest BCUT2D eigenvalue weighted by Gasteiger charge is 2.32. The molecule has 1 unspecified atom stereocenters. The third-order valence-corrected chi connectivity index (χ3v) is 6.54. The molecule has 2 aromatic carbocycles. The zero-order valence-electron chi connectivity index (χ0n) is 18.4. The van der Waals surface area contributed by atoms with Gasteiger partial charge in [0.1, 0.15) is 6.10 Å². The second-order valence-electron chi connectivity index (χ2n) is 9.73. The van der Waals surface area contributed by atoms with E-state index in [1.807, 2.05) is 30.3 Å². The third-order valence-electron chi connectivity index (χ3n) is 6.54. The number of anilines is 1. The maximum Gasteiger partial charge on any atom is 0.414 e. The summed E-state index contributed by atoms with van der Waals surface area (Å²) in [5.41, 5.74) is 4.93. The molecule has 2 aromatic rings. The van der Waals surface area contributed by atoms with Gasteiger partial charge in [0.25, 0.3) is 0 Å². The summed E-state index contributed by atoms with van der Waals surface area (Å²) in [6.45, 7) is 7.15. The van der Waals surface area contributed by atoms with Crippen LogP contribution < -0.4 is 4.90 Å². The van der Waals surface area contributed by atoms with E-state index in [4.69, 9.17) is 4.74 Å². The molecule has 1 saturated carbocycles. The van der Waals surface area contributed by atoms with Crippen LogP contribution in [0.4, 0.5) is 10.5 Å². The van der Waals surface area contributed by atoms with Crippen LogP contribution in [0, 0.1) is 5.92 Å². The molecule has 3 aliphatic carbocycles. The third kappa shape index (κ3) is 4.77. The van der Waals surface area contributed by atoms with Crippen molar-refractivity contribution in [3.8, 4) is 0 Å². The SMILES string of the molecule is CC(C)(C)c1ccc(CN(C(=O)OC2CC=C3CCC2CC3)c2ccccc2)cc1. The summed E-state index contributed by atoms with van der Waals surface area (Å²) in [6, 6.07) is 18.5. The Morgan fingerprint density at radius 3 is 2.30 bits per heavy atom. The highest BCUT2D eigenvalue weighted by atomic mass is 16.6. The fourth-order valence-corrected chi connectivity index (χ4v) is 4.56. The van der Waals surface area contributed by atoms with Crippen molar-refractivity contribution >= 4 is 11.8 Å². The van der Waals surface area contributed by atoms with Gasteiger partial charge in [-0.25, -0.2) is 4.79 Å². The molecule has 1 atom stereocenters. The number of fused-ring (bicyclic) bond motifs is 4. The minimum atomic E-state index is -0.241. The molecule has 1 amide bonds. The van der Waals surface area contributed by atoms with Gasteiger partial charge in [-0.1, -0.05) is 74.9 Å². The molecule has 0 aromatic heterocycles. The van der Waals surface area contributed by atoms with Crippen LogP contribution in [0.3, 0.4) is 0 Å². The van der Waals surface area contributed by atoms with Crippen LogP contribution >= 0.6 is 0 Å². The normalized spacial score (nSPS) is 21.0. The molecule has 0 aliphatic heterocycles. The summed E-state index contributed by atoms with van der Waals surface area (Å²) < 4.78 is 6.11. The number of carbonyl (C=O) groups excluding carboxylic acids is 1. The van der Waals surface area contributed by atoms with E-state index < -0.39 is 0 Å². The van der Waals surface area contributed by atoms with Crippen LogP contribution in [0.15, 0.2) is 66.2 Å². The number of rotatable bonds is 4. The van der Waals surface area contributed by atoms with Gasteiger partial charge >= 0.3 is 6.09 Å². The Balaban J connectivity index is 1.53. The molecule has 0 radical (unpaired) electrons. The molecular weight excluding hydrogens is 370 g/mol. The summed E-state index contributed by atoms with van der Waals surface area (Å²) in [5.74, 6) is 0.486. The summed E-state index contributed by atoms with van der Waals surface area (Å²) in [4.78, 5) is 15.1. The van der Waals surface area contributed by atoms with E-state index in [0.717, 1.165) is 30.5 Å². The molecule has 158 valence electrons. The average Bonchev–Trinajstić information content (AvgIpc) is 3.05. The van der Waals surface area contributed by atoms with E-state index in [1.165, 1.54) is 18.4 Å². The average molecular weight is 404 g/mol. The molecule has 0 heterocycles. The number of amides is 1. The van der Waals surface area contributed by atoms with Crippen molar-refractivity contribution in [1.82, 2.24) is 0 Å². The number of hydrogen-bond donors (Lipinski definition) is 0. The first-order chi connectivity index (χ1) is 14.4. The van der Waals surface area contributed by atoms with Crippen LogP contribution in [-0.2, 0) is 16.7 Å². The molecule has 1 fully saturated rings. The molecule has 0 saturated heterocycles. The molecular formula is C27H33NO2. The van der Waals surface area contributed by atoms with Gasteiger partial charge in [-0.3, -0.25) is 4.90 Å². The maximum absolute atomic E-state index is 13.3. The Kier molecular flexibility index (Phi) is 5.99. The number of ether oxygens (including phenoxy) is 1. The summed E-state index contributed by atoms with van der Waals surface area (Å²) in [5, 5.41) is 0. The topological polar surface area (TPSA) is 29.5 Å². The molecule has 3 heteroatoms. The number of benzene rings is 2. The zero-order valence-corrected chi connectivity index (χ0v) is 18.4. The van der Waals surface area contributed by atoms with E-state index >= 15 is 0 Å². The van der Waals surface area contributed by atoms with Crippen LogP contribution in [-0.4, -0.2) is 12.2 Å². The first-order valence-electron chi connectivity index (χ1n) is 11.2. The van der Waals surface area contributed by atoms with E-state index in [9.17, 15) is 4.79 Å². The van der Waals surface area contributed by atoms with E-state index in [-0.39, 0.29) is 17.6 Å². The minimum Gasteiger partial charge on any atom is -0.445 e. The van der Waals surface area contributed by atoms with Gasteiger partial charge in [-0.05, 0) is 60.3 Å². The van der Waals surface area contributed by atoms with Gasteiger partial charge in [-0.15, -0.1) is 0 Å². The van der Waals surface area contributed by atoms with Crippen molar-refractivity contribution < 1.29 is 9.53 Å². The Bertz CT molecular complexity index is 883. The van der Waals surface area contributed by atoms with E-state index in [2.05, 4.69) is 51.1 Å². The highest BCUT2D eigenvalue weighted by molar-refractivity contribution is 5.87. The Morgan fingerprint density at radius 1 is 1.00 bits per heavy atom. The van der Waals surface area contributed by atoms with Gasteiger partial charge in [0.2, 0.25) is 0 Å². The van der Waals surface area contributed by atoms with Gasteiger partial charge < -0.3 is 4.74 Å². The fraction of sp³-hybridized carbons (Fsp3) is 0.444. The number of hydrogen-bond acceptors (Lipinski definition) is 2. The molecule has 3 aliphatic rings. The molecule has 0 spiro atoms. The van der Waals surface area contributed by atoms with Crippen molar-refractivity contribution in [3.05, 3.63) is 77.4 Å². The fourth-order valence-electron chi connectivity index (χ4n) is 4.56. The van der Waals surface area contributed by atoms with Crippen LogP contribution in [0.2, 0.25) is 0 Å². The van der Waals surface area contributed by atoms with E-state index in [1.54, 1.807) is 10.5 Å². The van der Waals surface area contributed by atoms with Crippen molar-refractivity contribution in [2.75, 3.05) is 4.90 Å². The minimum absolute atomic E-state index is 0.00743. The van der Waals surface area contributed by atoms with Crippen molar-refractivity contribution in [2.24, 2.45) is 5.92 Å². The Morgan fingerprint density at radius 2 is 1.67 bits per heavy atom. The summed E-state index contributed by atoms with van der Waals surface area (Å²) in [7, 11) is 0. The Hall–Kier alpha value is -2.55. The summed E-state index contributed by atoms with van der Waals surface area (Å²) >= 11 is 0. The monoisotopic (exact) mass is 403 g/mol. The number of para-hydroxylation sites is 1. The number of allylic oxidation sites excluding steroid dienone is 1.